The van der Waals surface area contributed by atoms with E-state index in [1.165, 1.54) is 0 Å². The van der Waals surface area contributed by atoms with Crippen LogP contribution in [0, 0.1) is 0 Å². The molecule has 1 aliphatic heterocycles. The van der Waals surface area contributed by atoms with Gasteiger partial charge in [-0.1, -0.05) is 0 Å². The third-order valence-electron chi connectivity index (χ3n) is 3.82. The summed E-state index contributed by atoms with van der Waals surface area (Å²) in [5.74, 6) is 0.895. The van der Waals surface area contributed by atoms with Gasteiger partial charge in [0.05, 0.1) is 29.1 Å². The molecule has 2 atom stereocenters. The first-order valence-corrected chi connectivity index (χ1v) is 9.03. The highest BCUT2D eigenvalue weighted by molar-refractivity contribution is 7.09. The normalized spacial score (nSPS) is 20.8. The minimum atomic E-state index is -0.0200. The smallest absolute Gasteiger partial charge is 0.224 e. The van der Waals surface area contributed by atoms with E-state index in [0.717, 1.165) is 29.6 Å². The van der Waals surface area contributed by atoms with Crippen molar-refractivity contribution in [1.29, 1.82) is 0 Å². The number of amides is 1. The molecule has 1 fully saturated rings. The number of nitrogens with one attached hydrogen (secondary N) is 1. The zero-order valence-corrected chi connectivity index (χ0v) is 14.8. The summed E-state index contributed by atoms with van der Waals surface area (Å²) in [7, 11) is 0. The van der Waals surface area contributed by atoms with Crippen LogP contribution in [0.3, 0.4) is 0 Å². The van der Waals surface area contributed by atoms with Crippen molar-refractivity contribution in [2.75, 3.05) is 23.3 Å². The minimum absolute atomic E-state index is 0.0200. The second-order valence-corrected chi connectivity index (χ2v) is 7.02. The van der Waals surface area contributed by atoms with Crippen LogP contribution in [0.5, 0.6) is 0 Å². The highest BCUT2D eigenvalue weighted by atomic mass is 32.1. The molecule has 1 amide bonds. The zero-order chi connectivity index (χ0) is 16.9. The first-order valence-electron chi connectivity index (χ1n) is 8.15. The maximum atomic E-state index is 12.0. The van der Waals surface area contributed by atoms with E-state index in [1.54, 1.807) is 23.7 Å². The summed E-state index contributed by atoms with van der Waals surface area (Å²) in [6.45, 7) is 5.80. The van der Waals surface area contributed by atoms with E-state index < -0.39 is 0 Å². The van der Waals surface area contributed by atoms with E-state index in [2.05, 4.69) is 34.0 Å². The van der Waals surface area contributed by atoms with Crippen LogP contribution in [0.25, 0.3) is 0 Å². The molecule has 6 nitrogen and oxygen atoms in total. The van der Waals surface area contributed by atoms with Gasteiger partial charge in [-0.05, 0) is 26.0 Å². The number of pyridine rings is 1. The largest absolute Gasteiger partial charge is 0.372 e. The van der Waals surface area contributed by atoms with Crippen LogP contribution in [0.15, 0.2) is 29.9 Å². The number of carbonyl (C=O) groups excluding carboxylic acids is 1. The molecule has 3 rings (SSSR count). The van der Waals surface area contributed by atoms with E-state index in [-0.39, 0.29) is 18.1 Å². The van der Waals surface area contributed by atoms with E-state index in [4.69, 9.17) is 4.74 Å². The van der Waals surface area contributed by atoms with E-state index in [1.807, 2.05) is 17.5 Å². The fourth-order valence-corrected chi connectivity index (χ4v) is 3.45. The van der Waals surface area contributed by atoms with Gasteiger partial charge in [-0.2, -0.15) is 0 Å². The summed E-state index contributed by atoms with van der Waals surface area (Å²) in [6, 6.07) is 3.84. The van der Waals surface area contributed by atoms with E-state index in [9.17, 15) is 4.79 Å². The number of rotatable bonds is 5. The Balaban J connectivity index is 1.53. The fourth-order valence-electron chi connectivity index (χ4n) is 2.83. The molecule has 3 heterocycles. The number of hydrogen-bond donors (Lipinski definition) is 1. The number of hydrogen-bond acceptors (Lipinski definition) is 6. The lowest BCUT2D eigenvalue weighted by atomic mass is 10.2. The van der Waals surface area contributed by atoms with Gasteiger partial charge >= 0.3 is 0 Å². The van der Waals surface area contributed by atoms with E-state index in [0.29, 0.717) is 12.8 Å². The number of aryl methyl sites for hydroxylation is 1. The van der Waals surface area contributed by atoms with Gasteiger partial charge in [-0.15, -0.1) is 11.3 Å². The first-order chi connectivity index (χ1) is 11.6. The van der Waals surface area contributed by atoms with Gasteiger partial charge in [-0.3, -0.25) is 4.79 Å². The number of ether oxygens (including phenoxy) is 1. The topological polar surface area (TPSA) is 67.4 Å². The fraction of sp³-hybridized carbons (Fsp3) is 0.471. The molecule has 0 aromatic carbocycles. The van der Waals surface area contributed by atoms with Crippen LogP contribution in [-0.4, -0.2) is 41.2 Å². The molecule has 0 saturated carbocycles. The van der Waals surface area contributed by atoms with Crippen LogP contribution in [0.2, 0.25) is 0 Å². The van der Waals surface area contributed by atoms with Crippen LogP contribution in [-0.2, 0) is 16.0 Å². The highest BCUT2D eigenvalue weighted by Gasteiger charge is 2.23. The Labute approximate surface area is 145 Å². The summed E-state index contributed by atoms with van der Waals surface area (Å²) in [5, 5.41) is 5.78. The highest BCUT2D eigenvalue weighted by Crippen LogP contribution is 2.19. The van der Waals surface area contributed by atoms with Crippen molar-refractivity contribution in [2.45, 2.75) is 38.9 Å². The standard InChI is InChI=1S/C17H22N4O2S/c1-12-10-21(11-13(2)23-12)15-4-3-14(9-19-15)20-16(22)5-6-17-18-7-8-24-17/h3-4,7-9,12-13H,5-6,10-11H2,1-2H3,(H,20,22)/t12-,13-/m1/s1. The Morgan fingerprint density at radius 3 is 2.75 bits per heavy atom. The zero-order valence-electron chi connectivity index (χ0n) is 13.9. The first kappa shape index (κ1) is 16.9. The van der Waals surface area contributed by atoms with Crippen molar-refractivity contribution in [1.82, 2.24) is 9.97 Å². The maximum Gasteiger partial charge on any atom is 0.224 e. The molecule has 1 aliphatic rings. The van der Waals surface area contributed by atoms with E-state index >= 15 is 0 Å². The Hall–Kier alpha value is -1.99. The predicted molar refractivity (Wildman–Crippen MR) is 95.5 cm³/mol. The molecule has 2 aromatic rings. The SMILES string of the molecule is C[C@@H]1CN(c2ccc(NC(=O)CCc3nccs3)cn2)C[C@@H](C)O1. The number of carbonyl (C=O) groups is 1. The van der Waals surface area contributed by atoms with Crippen molar-refractivity contribution in [3.8, 4) is 0 Å². The monoisotopic (exact) mass is 346 g/mol. The molecular formula is C17H22N4O2S. The molecular weight excluding hydrogens is 324 g/mol. The van der Waals surface area contributed by atoms with Crippen molar-refractivity contribution < 1.29 is 9.53 Å². The Kier molecular flexibility index (Phi) is 5.42. The summed E-state index contributed by atoms with van der Waals surface area (Å²) >= 11 is 1.57. The molecule has 0 unspecified atom stereocenters. The summed E-state index contributed by atoms with van der Waals surface area (Å²) in [4.78, 5) is 22.9. The Morgan fingerprint density at radius 1 is 1.33 bits per heavy atom. The average molecular weight is 346 g/mol. The van der Waals surface area contributed by atoms with Gasteiger partial charge < -0.3 is 15.0 Å². The Morgan fingerprint density at radius 2 is 2.12 bits per heavy atom. The summed E-state index contributed by atoms with van der Waals surface area (Å²) < 4.78 is 5.74. The van der Waals surface area contributed by atoms with Gasteiger partial charge in [-0.25, -0.2) is 9.97 Å². The quantitative estimate of drug-likeness (QED) is 0.902. The molecule has 7 heteroatoms. The van der Waals surface area contributed by atoms with Crippen molar-refractivity contribution >= 4 is 28.7 Å². The minimum Gasteiger partial charge on any atom is -0.372 e. The van der Waals surface area contributed by atoms with Crippen molar-refractivity contribution in [3.05, 3.63) is 34.9 Å². The van der Waals surface area contributed by atoms with Crippen molar-refractivity contribution in [2.24, 2.45) is 0 Å². The van der Waals surface area contributed by atoms with Gasteiger partial charge in [0.2, 0.25) is 5.91 Å². The lowest BCUT2D eigenvalue weighted by Gasteiger charge is -2.36. The third kappa shape index (κ3) is 4.52. The molecule has 0 spiro atoms. The van der Waals surface area contributed by atoms with Crippen LogP contribution >= 0.6 is 11.3 Å². The van der Waals surface area contributed by atoms with Gasteiger partial charge in [0.25, 0.3) is 0 Å². The number of nitrogens with zero attached hydrogens (tertiary/aromatic N) is 3. The van der Waals surface area contributed by atoms with Crippen LogP contribution in [0.4, 0.5) is 11.5 Å². The van der Waals surface area contributed by atoms with Gasteiger partial charge in [0.15, 0.2) is 0 Å². The number of thiazole rings is 1. The number of aromatic nitrogens is 2. The summed E-state index contributed by atoms with van der Waals surface area (Å²) in [5.41, 5.74) is 0.720. The molecule has 0 bridgehead atoms. The predicted octanol–water partition coefficient (Wildman–Crippen LogP) is 2.72. The third-order valence-corrected chi connectivity index (χ3v) is 4.66. The Bertz CT molecular complexity index is 650. The second kappa shape index (κ2) is 7.72. The molecule has 0 aliphatic carbocycles. The molecule has 0 radical (unpaired) electrons. The summed E-state index contributed by atoms with van der Waals surface area (Å²) in [6.07, 6.45) is 4.95. The molecule has 24 heavy (non-hydrogen) atoms. The number of anilines is 2. The number of morpholine rings is 1. The lowest BCUT2D eigenvalue weighted by molar-refractivity contribution is -0.116. The molecule has 1 N–H and O–H groups in total. The second-order valence-electron chi connectivity index (χ2n) is 6.04. The van der Waals surface area contributed by atoms with Gasteiger partial charge in [0.1, 0.15) is 5.82 Å². The maximum absolute atomic E-state index is 12.0. The lowest BCUT2D eigenvalue weighted by Crippen LogP contribution is -2.45. The van der Waals surface area contributed by atoms with Crippen LogP contribution in [0.1, 0.15) is 25.3 Å². The van der Waals surface area contributed by atoms with Gasteiger partial charge in [0, 0.05) is 37.5 Å². The van der Waals surface area contributed by atoms with Crippen LogP contribution < -0.4 is 10.2 Å². The average Bonchev–Trinajstić information content (AvgIpc) is 3.06. The molecule has 1 saturated heterocycles. The molecule has 2 aromatic heterocycles. The van der Waals surface area contributed by atoms with Crippen molar-refractivity contribution in [3.63, 3.8) is 0 Å². The molecule has 128 valence electrons.